The van der Waals surface area contributed by atoms with Crippen LogP contribution in [0.4, 0.5) is 4.79 Å². The zero-order valence-electron chi connectivity index (χ0n) is 14.3. The van der Waals surface area contributed by atoms with Crippen molar-refractivity contribution in [3.63, 3.8) is 0 Å². The fourth-order valence-corrected chi connectivity index (χ4v) is 2.57. The average molecular weight is 335 g/mol. The van der Waals surface area contributed by atoms with Gasteiger partial charge in [-0.2, -0.15) is 0 Å². The molecule has 0 aromatic carbocycles. The molecule has 0 bridgehead atoms. The van der Waals surface area contributed by atoms with E-state index < -0.39 is 6.09 Å². The monoisotopic (exact) mass is 335 g/mol. The Balaban J connectivity index is 1.78. The second-order valence-electron chi connectivity index (χ2n) is 5.86. The van der Waals surface area contributed by atoms with Crippen molar-refractivity contribution in [1.82, 2.24) is 15.2 Å². The number of ether oxygens (including phenoxy) is 2. The predicted octanol–water partition coefficient (Wildman–Crippen LogP) is 2.11. The number of carbonyl (C=O) groups is 2. The van der Waals surface area contributed by atoms with Crippen LogP contribution in [0.25, 0.3) is 0 Å². The Morgan fingerprint density at radius 3 is 2.83 bits per heavy atom. The number of pyridine rings is 1. The van der Waals surface area contributed by atoms with Gasteiger partial charge in [-0.25, -0.2) is 9.78 Å². The molecule has 1 saturated carbocycles. The summed E-state index contributed by atoms with van der Waals surface area (Å²) >= 11 is 0. The van der Waals surface area contributed by atoms with Gasteiger partial charge in [-0.15, -0.1) is 0 Å². The highest BCUT2D eigenvalue weighted by Gasteiger charge is 2.17. The lowest BCUT2D eigenvalue weighted by molar-refractivity contribution is -0.121. The quantitative estimate of drug-likeness (QED) is 0.825. The van der Waals surface area contributed by atoms with Gasteiger partial charge in [0.15, 0.2) is 0 Å². The van der Waals surface area contributed by atoms with Crippen LogP contribution in [-0.2, 0) is 16.1 Å². The first-order chi connectivity index (χ1) is 11.6. The third kappa shape index (κ3) is 5.72. The van der Waals surface area contributed by atoms with E-state index in [2.05, 4.69) is 10.3 Å². The smallest absolute Gasteiger partial charge is 0.409 e. The summed E-state index contributed by atoms with van der Waals surface area (Å²) in [6, 6.07) is 3.67. The fourth-order valence-electron chi connectivity index (χ4n) is 2.57. The van der Waals surface area contributed by atoms with E-state index in [1.165, 1.54) is 24.8 Å². The van der Waals surface area contributed by atoms with Crippen molar-refractivity contribution in [3.8, 4) is 5.88 Å². The molecule has 7 heteroatoms. The van der Waals surface area contributed by atoms with E-state index in [0.29, 0.717) is 12.4 Å². The number of hydrogen-bond donors (Lipinski definition) is 1. The van der Waals surface area contributed by atoms with Crippen molar-refractivity contribution in [2.75, 3.05) is 20.2 Å². The highest BCUT2D eigenvalue weighted by Crippen LogP contribution is 2.23. The van der Waals surface area contributed by atoms with Gasteiger partial charge in [0.25, 0.3) is 0 Å². The summed E-state index contributed by atoms with van der Waals surface area (Å²) in [7, 11) is 1.53. The summed E-state index contributed by atoms with van der Waals surface area (Å²) in [4.78, 5) is 28.8. The predicted molar refractivity (Wildman–Crippen MR) is 88.6 cm³/mol. The number of aromatic nitrogens is 1. The molecule has 0 radical (unpaired) electrons. The van der Waals surface area contributed by atoms with E-state index in [0.717, 1.165) is 18.4 Å². The van der Waals surface area contributed by atoms with Crippen LogP contribution in [0.15, 0.2) is 18.3 Å². The minimum atomic E-state index is -0.510. The van der Waals surface area contributed by atoms with Gasteiger partial charge < -0.3 is 19.7 Å². The summed E-state index contributed by atoms with van der Waals surface area (Å²) in [5.74, 6) is 0.345. The van der Waals surface area contributed by atoms with Gasteiger partial charge in [-0.1, -0.05) is 0 Å². The van der Waals surface area contributed by atoms with Crippen molar-refractivity contribution in [3.05, 3.63) is 23.9 Å². The van der Waals surface area contributed by atoms with Crippen LogP contribution in [0.3, 0.4) is 0 Å². The number of nitrogens with zero attached hydrogens (tertiary/aromatic N) is 2. The molecule has 1 aliphatic rings. The van der Waals surface area contributed by atoms with Crippen LogP contribution >= 0.6 is 0 Å². The molecule has 0 unspecified atom stereocenters. The molecular formula is C17H25N3O4. The Morgan fingerprint density at radius 1 is 1.38 bits per heavy atom. The number of amides is 2. The molecule has 0 aliphatic heterocycles. The SMILES string of the molecule is CCOC(=O)N(C)CC(=O)NCc1ccnc(OC2CCCC2)c1. The molecule has 1 N–H and O–H groups in total. The van der Waals surface area contributed by atoms with Gasteiger partial charge in [0, 0.05) is 25.9 Å². The van der Waals surface area contributed by atoms with Gasteiger partial charge >= 0.3 is 6.09 Å². The Labute approximate surface area is 142 Å². The Morgan fingerprint density at radius 2 is 2.12 bits per heavy atom. The van der Waals surface area contributed by atoms with E-state index in [-0.39, 0.29) is 25.2 Å². The first-order valence-corrected chi connectivity index (χ1v) is 8.34. The molecular weight excluding hydrogens is 310 g/mol. The van der Waals surface area contributed by atoms with E-state index in [9.17, 15) is 9.59 Å². The Hall–Kier alpha value is -2.31. The molecule has 1 aliphatic carbocycles. The topological polar surface area (TPSA) is 80.8 Å². The normalized spacial score (nSPS) is 14.2. The number of nitrogens with one attached hydrogen (secondary N) is 1. The van der Waals surface area contributed by atoms with Gasteiger partial charge in [0.1, 0.15) is 12.6 Å². The van der Waals surface area contributed by atoms with Crippen molar-refractivity contribution < 1.29 is 19.1 Å². The molecule has 0 spiro atoms. The lowest BCUT2D eigenvalue weighted by Gasteiger charge is -2.16. The maximum atomic E-state index is 11.9. The molecule has 1 aromatic heterocycles. The molecule has 1 heterocycles. The summed E-state index contributed by atoms with van der Waals surface area (Å²) in [5, 5.41) is 2.78. The molecule has 2 amide bonds. The molecule has 2 rings (SSSR count). The lowest BCUT2D eigenvalue weighted by Crippen LogP contribution is -2.38. The minimum absolute atomic E-state index is 0.0463. The first kappa shape index (κ1) is 18.0. The first-order valence-electron chi connectivity index (χ1n) is 8.34. The highest BCUT2D eigenvalue weighted by molar-refractivity contribution is 5.82. The van der Waals surface area contributed by atoms with Crippen LogP contribution in [0, 0.1) is 0 Å². The number of rotatable bonds is 7. The maximum absolute atomic E-state index is 11.9. The third-order valence-corrected chi connectivity index (χ3v) is 3.84. The van der Waals surface area contributed by atoms with Gasteiger partial charge in [-0.3, -0.25) is 4.79 Å². The maximum Gasteiger partial charge on any atom is 0.409 e. The second kappa shape index (κ2) is 9.10. The minimum Gasteiger partial charge on any atom is -0.474 e. The van der Waals surface area contributed by atoms with E-state index in [4.69, 9.17) is 9.47 Å². The molecule has 0 atom stereocenters. The number of hydrogen-bond acceptors (Lipinski definition) is 5. The van der Waals surface area contributed by atoms with E-state index in [1.54, 1.807) is 13.1 Å². The van der Waals surface area contributed by atoms with Crippen LogP contribution in [0.2, 0.25) is 0 Å². The van der Waals surface area contributed by atoms with Crippen LogP contribution in [0.5, 0.6) is 5.88 Å². The van der Waals surface area contributed by atoms with Crippen molar-refractivity contribution in [1.29, 1.82) is 0 Å². The third-order valence-electron chi connectivity index (χ3n) is 3.84. The molecule has 0 saturated heterocycles. The van der Waals surface area contributed by atoms with Crippen molar-refractivity contribution >= 4 is 12.0 Å². The summed E-state index contributed by atoms with van der Waals surface area (Å²) in [6.07, 6.45) is 5.97. The van der Waals surface area contributed by atoms with Crippen molar-refractivity contribution in [2.45, 2.75) is 45.3 Å². The molecule has 132 valence electrons. The van der Waals surface area contributed by atoms with Gasteiger partial charge in [-0.05, 0) is 44.2 Å². The Kier molecular flexibility index (Phi) is 6.84. The van der Waals surface area contributed by atoms with Crippen LogP contribution in [-0.4, -0.2) is 48.2 Å². The zero-order chi connectivity index (χ0) is 17.4. The largest absolute Gasteiger partial charge is 0.474 e. The molecule has 24 heavy (non-hydrogen) atoms. The molecule has 1 fully saturated rings. The number of carbonyl (C=O) groups excluding carboxylic acids is 2. The zero-order valence-corrected chi connectivity index (χ0v) is 14.3. The molecule has 7 nitrogen and oxygen atoms in total. The Bertz CT molecular complexity index is 559. The number of likely N-dealkylation sites (N-methyl/N-ethyl adjacent to an activating group) is 1. The average Bonchev–Trinajstić information content (AvgIpc) is 3.06. The highest BCUT2D eigenvalue weighted by atomic mass is 16.6. The summed E-state index contributed by atoms with van der Waals surface area (Å²) in [6.45, 7) is 2.32. The van der Waals surface area contributed by atoms with Crippen molar-refractivity contribution in [2.24, 2.45) is 0 Å². The lowest BCUT2D eigenvalue weighted by atomic mass is 10.2. The van der Waals surface area contributed by atoms with Gasteiger partial charge in [0.2, 0.25) is 11.8 Å². The van der Waals surface area contributed by atoms with Gasteiger partial charge in [0.05, 0.1) is 6.61 Å². The summed E-state index contributed by atoms with van der Waals surface area (Å²) in [5.41, 5.74) is 0.908. The molecule has 1 aromatic rings. The standard InChI is InChI=1S/C17H25N3O4/c1-3-23-17(22)20(2)12-15(21)19-11-13-8-9-18-16(10-13)24-14-6-4-5-7-14/h8-10,14H,3-7,11-12H2,1-2H3,(H,19,21). The van der Waals surface area contributed by atoms with E-state index in [1.807, 2.05) is 12.1 Å². The summed E-state index contributed by atoms with van der Waals surface area (Å²) < 4.78 is 10.7. The van der Waals surface area contributed by atoms with Crippen LogP contribution in [0.1, 0.15) is 38.2 Å². The van der Waals surface area contributed by atoms with Crippen LogP contribution < -0.4 is 10.1 Å². The van der Waals surface area contributed by atoms with E-state index >= 15 is 0 Å². The second-order valence-corrected chi connectivity index (χ2v) is 5.86. The fraction of sp³-hybridized carbons (Fsp3) is 0.588.